The topological polar surface area (TPSA) is 96.7 Å². The number of hydrogen-bond donors (Lipinski definition) is 0. The quantitative estimate of drug-likeness (QED) is 0.141. The molecule has 0 aromatic heterocycles. The molecule has 3 rings (SSSR count). The van der Waals surface area contributed by atoms with Crippen LogP contribution in [0.4, 0.5) is 0 Å². The van der Waals surface area contributed by atoms with Gasteiger partial charge in [0.25, 0.3) is 0 Å². The van der Waals surface area contributed by atoms with Gasteiger partial charge in [0, 0.05) is 52.1 Å². The minimum atomic E-state index is -0.293. The molecular formula is C24H30Cl2N3O4ReS2-5. The van der Waals surface area contributed by atoms with Crippen molar-refractivity contribution in [1.82, 2.24) is 9.80 Å². The third-order valence-electron chi connectivity index (χ3n) is 6.45. The van der Waals surface area contributed by atoms with Crippen LogP contribution in [0.1, 0.15) is 31.2 Å². The molecule has 203 valence electrons. The zero-order valence-corrected chi connectivity index (χ0v) is 26.0. The maximum absolute atomic E-state index is 12.9. The number of halogens is 2. The molecule has 1 aromatic carbocycles. The summed E-state index contributed by atoms with van der Waals surface area (Å²) in [7, 11) is 1.42. The van der Waals surface area contributed by atoms with E-state index in [1.54, 1.807) is 6.07 Å². The van der Waals surface area contributed by atoms with Gasteiger partial charge in [0.05, 0.1) is 22.7 Å². The first-order valence-electron chi connectivity index (χ1n) is 11.5. The molecule has 12 heteroatoms. The second-order valence-electron chi connectivity index (χ2n) is 8.52. The summed E-state index contributed by atoms with van der Waals surface area (Å²) in [5, 5.41) is 13.0. The fourth-order valence-electron chi connectivity index (χ4n) is 4.96. The Balaban J connectivity index is 0.00000324. The van der Waals surface area contributed by atoms with Crippen molar-refractivity contribution in [3.05, 3.63) is 39.4 Å². The van der Waals surface area contributed by atoms with Gasteiger partial charge in [0.2, 0.25) is 0 Å². The van der Waals surface area contributed by atoms with Crippen LogP contribution < -0.4 is 5.11 Å². The number of carbonyl (C=O) groups excluding carboxylic acids is 1. The number of methoxy groups -OCH3 is 1. The summed E-state index contributed by atoms with van der Waals surface area (Å²) in [6, 6.07) is 5.87. The number of ether oxygens (including phenoxy) is 1. The summed E-state index contributed by atoms with van der Waals surface area (Å²) in [6.07, 6.45) is 3.55. The molecule has 1 saturated heterocycles. The molecular weight excluding hydrogens is 716 g/mol. The predicted octanol–water partition coefficient (Wildman–Crippen LogP) is 2.58. The Labute approximate surface area is 248 Å². The molecule has 2 atom stereocenters. The molecule has 1 unspecified atom stereocenters. The van der Waals surface area contributed by atoms with Crippen LogP contribution in [0.3, 0.4) is 0 Å². The molecule has 2 heterocycles. The number of nitrogens with zero attached hydrogens (tertiary/aromatic N) is 3. The summed E-state index contributed by atoms with van der Waals surface area (Å²) < 4.78 is 5.19. The van der Waals surface area contributed by atoms with Crippen LogP contribution in [0.25, 0.3) is 5.57 Å². The van der Waals surface area contributed by atoms with Crippen molar-refractivity contribution in [2.45, 2.75) is 37.8 Å². The van der Waals surface area contributed by atoms with Crippen molar-refractivity contribution in [2.75, 3.05) is 51.3 Å². The normalized spacial score (nSPS) is 19.8. The van der Waals surface area contributed by atoms with Crippen molar-refractivity contribution < 1.29 is 40.5 Å². The van der Waals surface area contributed by atoms with Gasteiger partial charge in [-0.05, 0) is 67.9 Å². The summed E-state index contributed by atoms with van der Waals surface area (Å²) >= 11 is 22.4. The number of esters is 1. The van der Waals surface area contributed by atoms with Gasteiger partial charge < -0.3 is 50.5 Å². The van der Waals surface area contributed by atoms with Gasteiger partial charge in [-0.1, -0.05) is 29.3 Å². The van der Waals surface area contributed by atoms with E-state index in [1.807, 2.05) is 12.1 Å². The van der Waals surface area contributed by atoms with E-state index in [0.717, 1.165) is 55.5 Å². The predicted molar refractivity (Wildman–Crippen MR) is 142 cm³/mol. The van der Waals surface area contributed by atoms with Gasteiger partial charge in [0.1, 0.15) is 0 Å². The average Bonchev–Trinajstić information content (AvgIpc) is 3.09. The molecule has 1 radical (unpaired) electrons. The van der Waals surface area contributed by atoms with E-state index in [-0.39, 0.29) is 50.4 Å². The smallest absolute Gasteiger partial charge is 0.335 e. The van der Waals surface area contributed by atoms with E-state index in [0.29, 0.717) is 40.7 Å². The van der Waals surface area contributed by atoms with Crippen LogP contribution in [-0.4, -0.2) is 85.1 Å². The van der Waals surface area contributed by atoms with Gasteiger partial charge in [0.15, 0.2) is 0 Å². The summed E-state index contributed by atoms with van der Waals surface area (Å²) in [5.41, 5.74) is 2.63. The minimum Gasteiger partial charge on any atom is -2.00 e. The van der Waals surface area contributed by atoms with Crippen LogP contribution >= 0.6 is 23.2 Å². The number of fused-ring (bicyclic) bond motifs is 2. The monoisotopic (exact) mass is 745 g/mol. The Morgan fingerprint density at radius 1 is 1.22 bits per heavy atom. The Kier molecular flexibility index (Phi) is 15.6. The van der Waals surface area contributed by atoms with Crippen molar-refractivity contribution >= 4 is 65.9 Å². The molecule has 0 amide bonds. The number of aliphatic imine (C=N–C) groups is 1. The van der Waals surface area contributed by atoms with Gasteiger partial charge in [-0.2, -0.15) is 11.5 Å². The zero-order valence-electron chi connectivity index (χ0n) is 20.1. The Hall–Kier alpha value is -0.278. The average molecular weight is 746 g/mol. The number of benzene rings is 1. The summed E-state index contributed by atoms with van der Waals surface area (Å²) in [5.74, 6) is 0.572. The first kappa shape index (κ1) is 33.8. The van der Waals surface area contributed by atoms with Gasteiger partial charge in [-0.15, -0.1) is 0 Å². The molecule has 2 bridgehead atoms. The first-order valence-corrected chi connectivity index (χ1v) is 13.4. The van der Waals surface area contributed by atoms with E-state index >= 15 is 0 Å². The van der Waals surface area contributed by atoms with Crippen LogP contribution in [0.15, 0.2) is 28.8 Å². The largest absolute Gasteiger partial charge is 2.00 e. The number of hydrogen-bond acceptors (Lipinski definition) is 8. The first-order chi connectivity index (χ1) is 16.4. The molecule has 0 saturated carbocycles. The maximum Gasteiger partial charge on any atom is 0.335 e. The molecule has 7 nitrogen and oxygen atoms in total. The van der Waals surface area contributed by atoms with Crippen LogP contribution in [0.2, 0.25) is 10.0 Å². The molecule has 2 aliphatic rings. The summed E-state index contributed by atoms with van der Waals surface area (Å²) in [6.45, 7) is 2.91. The fourth-order valence-corrected chi connectivity index (χ4v) is 5.61. The molecule has 0 aliphatic carbocycles. The van der Waals surface area contributed by atoms with Gasteiger partial charge in [-0.25, -0.2) is 4.79 Å². The maximum atomic E-state index is 12.9. The fraction of sp³-hybridized carbons (Fsp3) is 0.583. The third kappa shape index (κ3) is 8.62. The van der Waals surface area contributed by atoms with Gasteiger partial charge >= 0.3 is 5.97 Å². The molecule has 1 aromatic rings. The summed E-state index contributed by atoms with van der Waals surface area (Å²) in [4.78, 5) is 21.3. The Bertz CT molecular complexity index is 939. The SMILES string of the molecule is COC(=O)C1=C(c2ccc(Cl)c(Cl)c2)CC2CC[C@H]1N2CCCN(CC[S-])CC([O-])=NCC[S-].[O-2].[Re]. The van der Waals surface area contributed by atoms with E-state index in [2.05, 4.69) is 14.8 Å². The van der Waals surface area contributed by atoms with Gasteiger partial charge in [-0.3, -0.25) is 4.90 Å². The standard InChI is InChI=1S/C24H33Cl2N3O3S2.O.Re/c1-32-24(31)23-18(16-3-5-19(25)20(26)13-16)14-17-4-6-21(23)29(17)9-2-8-28(10-12-34)15-22(30)27-7-11-33;;/h3,5,13,17,21,33-34H,2,4,6-12,14-15H2,1H3,(H,27,30);;/q;-2;/p-3/t17?,21-;;/m1../s1. The van der Waals surface area contributed by atoms with Crippen LogP contribution in [0, 0.1) is 0 Å². The molecule has 0 N–H and O–H groups in total. The second-order valence-corrected chi connectivity index (χ2v) is 10.1. The minimum absolute atomic E-state index is 0. The van der Waals surface area contributed by atoms with E-state index in [4.69, 9.17) is 53.2 Å². The second kappa shape index (κ2) is 16.6. The molecule has 1 fully saturated rings. The van der Waals surface area contributed by atoms with Crippen molar-refractivity contribution in [3.63, 3.8) is 0 Å². The van der Waals surface area contributed by atoms with Crippen LogP contribution in [0.5, 0.6) is 0 Å². The van der Waals surface area contributed by atoms with Crippen molar-refractivity contribution in [1.29, 1.82) is 0 Å². The van der Waals surface area contributed by atoms with E-state index in [9.17, 15) is 9.90 Å². The van der Waals surface area contributed by atoms with E-state index < -0.39 is 0 Å². The Morgan fingerprint density at radius 3 is 2.61 bits per heavy atom. The Morgan fingerprint density at radius 2 is 1.97 bits per heavy atom. The molecule has 0 spiro atoms. The molecule has 2 aliphatic heterocycles. The van der Waals surface area contributed by atoms with Crippen molar-refractivity contribution in [2.24, 2.45) is 4.99 Å². The van der Waals surface area contributed by atoms with E-state index in [1.165, 1.54) is 7.11 Å². The number of rotatable bonds is 12. The molecule has 36 heavy (non-hydrogen) atoms. The van der Waals surface area contributed by atoms with Crippen molar-refractivity contribution in [3.8, 4) is 0 Å². The zero-order chi connectivity index (χ0) is 24.7. The number of carbonyl (C=O) groups is 1. The third-order valence-corrected chi connectivity index (χ3v) is 7.55. The van der Waals surface area contributed by atoms with Crippen LogP contribution in [-0.2, 0) is 60.7 Å².